The predicted octanol–water partition coefficient (Wildman–Crippen LogP) is 5.44. The Morgan fingerprint density at radius 3 is 1.74 bits per heavy atom. The summed E-state index contributed by atoms with van der Waals surface area (Å²) >= 11 is 6.69. The largest absolute Gasteiger partial charge is 0.497 e. The maximum Gasteiger partial charge on any atom is 0.305 e. The number of esters is 1. The molecule has 0 unspecified atom stereocenters. The average Bonchev–Trinajstić information content (AvgIpc) is 2.69. The van der Waals surface area contributed by atoms with Crippen LogP contribution < -0.4 is 9.47 Å². The zero-order chi connectivity index (χ0) is 19.6. The SMILES string of the molecule is CCOC(=O)CCCC(Cl)=C(c1ccc(OC)cc1)c1ccc(OC)cc1. The van der Waals surface area contributed by atoms with E-state index in [1.807, 2.05) is 48.5 Å². The number of hydrogen-bond acceptors (Lipinski definition) is 4. The molecular weight excluding hydrogens is 364 g/mol. The molecule has 0 bridgehead atoms. The van der Waals surface area contributed by atoms with Crippen molar-refractivity contribution >= 4 is 23.1 Å². The van der Waals surface area contributed by atoms with Crippen molar-refractivity contribution in [3.05, 3.63) is 64.7 Å². The Kier molecular flexibility index (Phi) is 8.21. The Hall–Kier alpha value is -2.46. The molecule has 0 aromatic heterocycles. The Morgan fingerprint density at radius 2 is 1.33 bits per heavy atom. The molecule has 2 aromatic carbocycles. The molecule has 0 aliphatic heterocycles. The minimum atomic E-state index is -0.197. The summed E-state index contributed by atoms with van der Waals surface area (Å²) in [5, 5.41) is 0.703. The van der Waals surface area contributed by atoms with Gasteiger partial charge in [-0.1, -0.05) is 35.9 Å². The molecule has 4 nitrogen and oxygen atoms in total. The molecular formula is C22H25ClO4. The highest BCUT2D eigenvalue weighted by Crippen LogP contribution is 2.33. The molecule has 5 heteroatoms. The van der Waals surface area contributed by atoms with Gasteiger partial charge in [-0.3, -0.25) is 4.79 Å². The Labute approximate surface area is 165 Å². The maximum absolute atomic E-state index is 11.6. The van der Waals surface area contributed by atoms with E-state index in [4.69, 9.17) is 25.8 Å². The van der Waals surface area contributed by atoms with Crippen LogP contribution in [-0.4, -0.2) is 26.8 Å². The van der Waals surface area contributed by atoms with Gasteiger partial charge < -0.3 is 14.2 Å². The number of carbonyl (C=O) groups is 1. The highest BCUT2D eigenvalue weighted by atomic mass is 35.5. The standard InChI is InChI=1S/C22H25ClO4/c1-4-27-21(24)7-5-6-20(23)22(16-8-12-18(25-2)13-9-16)17-10-14-19(26-3)15-11-17/h8-15H,4-7H2,1-3H3. The quantitative estimate of drug-likeness (QED) is 0.537. The number of carbonyl (C=O) groups excluding carboxylic acids is 1. The van der Waals surface area contributed by atoms with Crippen LogP contribution in [0.5, 0.6) is 11.5 Å². The van der Waals surface area contributed by atoms with E-state index < -0.39 is 0 Å². The number of hydrogen-bond donors (Lipinski definition) is 0. The smallest absolute Gasteiger partial charge is 0.305 e. The normalized spacial score (nSPS) is 10.2. The second-order valence-corrected chi connectivity index (χ2v) is 6.35. The molecule has 0 spiro atoms. The first-order valence-electron chi connectivity index (χ1n) is 8.92. The molecule has 2 aromatic rings. The van der Waals surface area contributed by atoms with Crippen LogP contribution in [0.1, 0.15) is 37.3 Å². The van der Waals surface area contributed by atoms with Crippen LogP contribution in [0.4, 0.5) is 0 Å². The zero-order valence-corrected chi connectivity index (χ0v) is 16.7. The number of halogens is 1. The minimum absolute atomic E-state index is 0.197. The third-order valence-corrected chi connectivity index (χ3v) is 4.49. The average molecular weight is 389 g/mol. The van der Waals surface area contributed by atoms with E-state index >= 15 is 0 Å². The first-order chi connectivity index (χ1) is 13.1. The fourth-order valence-corrected chi connectivity index (χ4v) is 3.09. The topological polar surface area (TPSA) is 44.8 Å². The third kappa shape index (κ3) is 6.04. The van der Waals surface area contributed by atoms with E-state index in [2.05, 4.69) is 0 Å². The summed E-state index contributed by atoms with van der Waals surface area (Å²) in [4.78, 5) is 11.6. The van der Waals surface area contributed by atoms with E-state index in [0.717, 1.165) is 28.2 Å². The molecule has 27 heavy (non-hydrogen) atoms. The van der Waals surface area contributed by atoms with Gasteiger partial charge in [-0.25, -0.2) is 0 Å². The molecule has 144 valence electrons. The minimum Gasteiger partial charge on any atom is -0.497 e. The van der Waals surface area contributed by atoms with Crippen molar-refractivity contribution in [2.75, 3.05) is 20.8 Å². The summed E-state index contributed by atoms with van der Waals surface area (Å²) in [5.41, 5.74) is 2.91. The van der Waals surface area contributed by atoms with Crippen LogP contribution >= 0.6 is 11.6 Å². The summed E-state index contributed by atoms with van der Waals surface area (Å²) in [5.74, 6) is 1.37. The summed E-state index contributed by atoms with van der Waals surface area (Å²) in [6.07, 6.45) is 1.57. The highest BCUT2D eigenvalue weighted by molar-refractivity contribution is 6.33. The third-order valence-electron chi connectivity index (χ3n) is 4.11. The Bertz CT molecular complexity index is 714. The summed E-state index contributed by atoms with van der Waals surface area (Å²) in [7, 11) is 3.27. The molecule has 0 amide bonds. The second-order valence-electron chi connectivity index (χ2n) is 5.90. The van der Waals surface area contributed by atoms with Crippen LogP contribution in [0.15, 0.2) is 53.6 Å². The van der Waals surface area contributed by atoms with Crippen molar-refractivity contribution in [2.45, 2.75) is 26.2 Å². The van der Waals surface area contributed by atoms with Gasteiger partial charge in [0, 0.05) is 17.0 Å². The lowest BCUT2D eigenvalue weighted by molar-refractivity contribution is -0.143. The van der Waals surface area contributed by atoms with Gasteiger partial charge >= 0.3 is 5.97 Å². The first-order valence-corrected chi connectivity index (χ1v) is 9.30. The van der Waals surface area contributed by atoms with E-state index in [1.54, 1.807) is 21.1 Å². The molecule has 0 fully saturated rings. The molecule has 0 saturated carbocycles. The Balaban J connectivity index is 2.30. The predicted molar refractivity (Wildman–Crippen MR) is 108 cm³/mol. The van der Waals surface area contributed by atoms with Gasteiger partial charge in [0.05, 0.1) is 20.8 Å². The van der Waals surface area contributed by atoms with Gasteiger partial charge in [0.25, 0.3) is 0 Å². The molecule has 0 N–H and O–H groups in total. The number of benzene rings is 2. The van der Waals surface area contributed by atoms with Crippen molar-refractivity contribution in [2.24, 2.45) is 0 Å². The number of ether oxygens (including phenoxy) is 3. The van der Waals surface area contributed by atoms with Crippen molar-refractivity contribution in [3.8, 4) is 11.5 Å². The molecule has 2 rings (SSSR count). The fourth-order valence-electron chi connectivity index (χ4n) is 2.74. The van der Waals surface area contributed by atoms with Crippen LogP contribution in [0.3, 0.4) is 0 Å². The molecule has 0 aliphatic rings. The summed E-state index contributed by atoms with van der Waals surface area (Å²) < 4.78 is 15.5. The van der Waals surface area contributed by atoms with Gasteiger partial charge in [0.2, 0.25) is 0 Å². The first kappa shape index (κ1) is 20.8. The van der Waals surface area contributed by atoms with Gasteiger partial charge in [-0.2, -0.15) is 0 Å². The number of rotatable bonds is 9. The van der Waals surface area contributed by atoms with Gasteiger partial charge in [0.15, 0.2) is 0 Å². The molecule has 0 atom stereocenters. The van der Waals surface area contributed by atoms with Gasteiger partial charge in [-0.15, -0.1) is 0 Å². The molecule has 0 radical (unpaired) electrons. The second kappa shape index (κ2) is 10.6. The van der Waals surface area contributed by atoms with E-state index in [9.17, 15) is 4.79 Å². The van der Waals surface area contributed by atoms with E-state index in [-0.39, 0.29) is 5.97 Å². The molecule has 0 aliphatic carbocycles. The monoisotopic (exact) mass is 388 g/mol. The van der Waals surface area contributed by atoms with Crippen molar-refractivity contribution < 1.29 is 19.0 Å². The van der Waals surface area contributed by atoms with Crippen LogP contribution in [0.25, 0.3) is 5.57 Å². The van der Waals surface area contributed by atoms with E-state index in [0.29, 0.717) is 30.9 Å². The lowest BCUT2D eigenvalue weighted by Crippen LogP contribution is -2.03. The van der Waals surface area contributed by atoms with Crippen molar-refractivity contribution in [1.29, 1.82) is 0 Å². The fraction of sp³-hybridized carbons (Fsp3) is 0.318. The molecule has 0 saturated heterocycles. The van der Waals surface area contributed by atoms with Gasteiger partial charge in [-0.05, 0) is 55.2 Å². The Morgan fingerprint density at radius 1 is 0.852 bits per heavy atom. The van der Waals surface area contributed by atoms with Crippen molar-refractivity contribution in [1.82, 2.24) is 0 Å². The van der Waals surface area contributed by atoms with Crippen LogP contribution in [-0.2, 0) is 9.53 Å². The van der Waals surface area contributed by atoms with Crippen LogP contribution in [0.2, 0.25) is 0 Å². The maximum atomic E-state index is 11.6. The van der Waals surface area contributed by atoms with Gasteiger partial charge in [0.1, 0.15) is 11.5 Å². The van der Waals surface area contributed by atoms with Crippen LogP contribution in [0, 0.1) is 0 Å². The number of allylic oxidation sites excluding steroid dienone is 1. The van der Waals surface area contributed by atoms with Crippen molar-refractivity contribution in [3.63, 3.8) is 0 Å². The molecule has 0 heterocycles. The number of methoxy groups -OCH3 is 2. The highest BCUT2D eigenvalue weighted by Gasteiger charge is 2.12. The lowest BCUT2D eigenvalue weighted by Gasteiger charge is -2.13. The summed E-state index contributed by atoms with van der Waals surface area (Å²) in [6.45, 7) is 2.20. The summed E-state index contributed by atoms with van der Waals surface area (Å²) in [6, 6.07) is 15.5. The van der Waals surface area contributed by atoms with E-state index in [1.165, 1.54) is 0 Å². The zero-order valence-electron chi connectivity index (χ0n) is 16.0. The lowest BCUT2D eigenvalue weighted by atomic mass is 9.96.